The number of rotatable bonds is 8. The van der Waals surface area contributed by atoms with Gasteiger partial charge in [0.2, 0.25) is 11.0 Å². The van der Waals surface area contributed by atoms with Gasteiger partial charge in [0.25, 0.3) is 0 Å². The molecule has 0 aliphatic rings. The summed E-state index contributed by atoms with van der Waals surface area (Å²) in [7, 11) is 1.62. The number of carbonyl (C=O) groups excluding carboxylic acids is 1. The predicted molar refractivity (Wildman–Crippen MR) is 111 cm³/mol. The van der Waals surface area contributed by atoms with Crippen LogP contribution in [-0.4, -0.2) is 35.5 Å². The molecule has 1 amide bonds. The molecule has 28 heavy (non-hydrogen) atoms. The maximum Gasteiger partial charge on any atom is 0.238 e. The zero-order chi connectivity index (χ0) is 19.8. The van der Waals surface area contributed by atoms with Crippen LogP contribution < -0.4 is 15.0 Å². The smallest absolute Gasteiger partial charge is 0.238 e. The highest BCUT2D eigenvalue weighted by atomic mass is 32.2. The summed E-state index contributed by atoms with van der Waals surface area (Å²) < 4.78 is 5.81. The first-order valence-corrected chi connectivity index (χ1v) is 10.1. The van der Waals surface area contributed by atoms with Gasteiger partial charge in [-0.3, -0.25) is 9.69 Å². The zero-order valence-corrected chi connectivity index (χ0v) is 16.7. The molecule has 9 heteroatoms. The van der Waals surface area contributed by atoms with Crippen LogP contribution in [0.25, 0.3) is 0 Å². The van der Waals surface area contributed by atoms with Crippen LogP contribution in [0.5, 0.6) is 5.75 Å². The Kier molecular flexibility index (Phi) is 6.84. The number of ether oxygens (including phenoxy) is 1. The minimum atomic E-state index is -0.155. The van der Waals surface area contributed by atoms with Crippen molar-refractivity contribution in [2.24, 2.45) is 0 Å². The summed E-state index contributed by atoms with van der Waals surface area (Å²) in [6.45, 7) is 0.00377. The van der Waals surface area contributed by atoms with Crippen molar-refractivity contribution < 1.29 is 9.53 Å². The summed E-state index contributed by atoms with van der Waals surface area (Å²) in [5.41, 5.74) is 1.57. The summed E-state index contributed by atoms with van der Waals surface area (Å²) in [5.74, 6) is 0.795. The molecule has 0 fully saturated rings. The summed E-state index contributed by atoms with van der Waals surface area (Å²) in [4.78, 5) is 14.0. The van der Waals surface area contributed by atoms with Gasteiger partial charge in [-0.1, -0.05) is 41.3 Å². The second-order valence-electron chi connectivity index (χ2n) is 5.49. The first-order valence-electron chi connectivity index (χ1n) is 8.29. The Morgan fingerprint density at radius 2 is 1.96 bits per heavy atom. The largest absolute Gasteiger partial charge is 0.497 e. The standard InChI is InChI=1S/C19H17N5O2S2/c1-26-16-9-7-14(8-10-16)21-18-22-23-19(28-18)27-13-17(25)24(12-11-20)15-5-3-2-4-6-15/h2-10H,12-13H2,1H3,(H,21,22). The van der Waals surface area contributed by atoms with E-state index >= 15 is 0 Å². The van der Waals surface area contributed by atoms with E-state index in [1.165, 1.54) is 28.0 Å². The Morgan fingerprint density at radius 1 is 1.21 bits per heavy atom. The Labute approximate surface area is 171 Å². The van der Waals surface area contributed by atoms with Gasteiger partial charge >= 0.3 is 0 Å². The molecule has 0 aliphatic carbocycles. The van der Waals surface area contributed by atoms with Gasteiger partial charge in [-0.15, -0.1) is 10.2 Å². The molecule has 1 heterocycles. The van der Waals surface area contributed by atoms with E-state index in [9.17, 15) is 4.79 Å². The average molecular weight is 412 g/mol. The molecule has 0 aliphatic heterocycles. The van der Waals surface area contributed by atoms with Crippen LogP contribution >= 0.6 is 23.1 Å². The molecule has 142 valence electrons. The molecule has 0 bridgehead atoms. The number of nitrogens with one attached hydrogen (secondary N) is 1. The molecule has 0 unspecified atom stereocenters. The minimum absolute atomic E-state index is 0.00377. The third-order valence-electron chi connectivity index (χ3n) is 3.66. The first-order chi connectivity index (χ1) is 13.7. The van der Waals surface area contributed by atoms with E-state index in [0.717, 1.165) is 11.4 Å². The van der Waals surface area contributed by atoms with Crippen LogP contribution in [0.1, 0.15) is 0 Å². The number of amides is 1. The summed E-state index contributed by atoms with van der Waals surface area (Å²) in [6, 6.07) is 18.7. The molecule has 1 N–H and O–H groups in total. The number of aromatic nitrogens is 2. The number of methoxy groups -OCH3 is 1. The molecule has 0 saturated heterocycles. The molecule has 3 rings (SSSR count). The van der Waals surface area contributed by atoms with Crippen LogP contribution in [0.15, 0.2) is 58.9 Å². The lowest BCUT2D eigenvalue weighted by molar-refractivity contribution is -0.116. The highest BCUT2D eigenvalue weighted by Gasteiger charge is 2.16. The van der Waals surface area contributed by atoms with Gasteiger partial charge in [0.15, 0.2) is 4.34 Å². The minimum Gasteiger partial charge on any atom is -0.497 e. The van der Waals surface area contributed by atoms with E-state index in [4.69, 9.17) is 10.00 Å². The number of carbonyl (C=O) groups is 1. The van der Waals surface area contributed by atoms with Gasteiger partial charge in [-0.2, -0.15) is 5.26 Å². The monoisotopic (exact) mass is 411 g/mol. The molecule has 0 saturated carbocycles. The normalized spacial score (nSPS) is 10.1. The van der Waals surface area contributed by atoms with E-state index in [2.05, 4.69) is 15.5 Å². The molecular weight excluding hydrogens is 394 g/mol. The maximum atomic E-state index is 12.5. The Morgan fingerprint density at radius 3 is 2.64 bits per heavy atom. The lowest BCUT2D eigenvalue weighted by atomic mass is 10.3. The fourth-order valence-corrected chi connectivity index (χ4v) is 3.97. The van der Waals surface area contributed by atoms with Gasteiger partial charge in [0, 0.05) is 11.4 Å². The van der Waals surface area contributed by atoms with Crippen molar-refractivity contribution >= 4 is 45.5 Å². The van der Waals surface area contributed by atoms with Gasteiger partial charge < -0.3 is 10.1 Å². The first kappa shape index (κ1) is 19.7. The number of benzene rings is 2. The predicted octanol–water partition coefficient (Wildman–Crippen LogP) is 3.94. The lowest BCUT2D eigenvalue weighted by Crippen LogP contribution is -2.32. The lowest BCUT2D eigenvalue weighted by Gasteiger charge is -2.19. The van der Waals surface area contributed by atoms with Crippen LogP contribution in [0.2, 0.25) is 0 Å². The molecule has 0 spiro atoms. The Hall–Kier alpha value is -3.09. The molecule has 7 nitrogen and oxygen atoms in total. The molecule has 2 aromatic carbocycles. The van der Waals surface area contributed by atoms with Crippen molar-refractivity contribution in [1.29, 1.82) is 5.26 Å². The van der Waals surface area contributed by atoms with Crippen molar-refractivity contribution in [2.75, 3.05) is 29.6 Å². The number of hydrogen-bond acceptors (Lipinski definition) is 8. The van der Waals surface area contributed by atoms with E-state index in [0.29, 0.717) is 15.2 Å². The average Bonchev–Trinajstić information content (AvgIpc) is 3.19. The van der Waals surface area contributed by atoms with Crippen molar-refractivity contribution in [2.45, 2.75) is 4.34 Å². The summed E-state index contributed by atoms with van der Waals surface area (Å²) in [6.07, 6.45) is 0. The summed E-state index contributed by atoms with van der Waals surface area (Å²) in [5, 5.41) is 21.0. The van der Waals surface area contributed by atoms with E-state index < -0.39 is 0 Å². The zero-order valence-electron chi connectivity index (χ0n) is 15.0. The number of hydrogen-bond donors (Lipinski definition) is 1. The van der Waals surface area contributed by atoms with E-state index in [1.54, 1.807) is 7.11 Å². The topological polar surface area (TPSA) is 91.1 Å². The van der Waals surface area contributed by atoms with Crippen molar-refractivity contribution in [3.05, 3.63) is 54.6 Å². The number of nitriles is 1. The Balaban J connectivity index is 1.58. The fraction of sp³-hybridized carbons (Fsp3) is 0.158. The quantitative estimate of drug-likeness (QED) is 0.443. The van der Waals surface area contributed by atoms with Crippen LogP contribution in [0.3, 0.4) is 0 Å². The van der Waals surface area contributed by atoms with Crippen LogP contribution in [0.4, 0.5) is 16.5 Å². The molecule has 3 aromatic rings. The van der Waals surface area contributed by atoms with E-state index in [1.807, 2.05) is 60.7 Å². The maximum absolute atomic E-state index is 12.5. The van der Waals surface area contributed by atoms with Gasteiger partial charge in [-0.25, -0.2) is 0 Å². The second kappa shape index (κ2) is 9.73. The van der Waals surface area contributed by atoms with Crippen molar-refractivity contribution in [1.82, 2.24) is 10.2 Å². The second-order valence-corrected chi connectivity index (χ2v) is 7.69. The van der Waals surface area contributed by atoms with Crippen LogP contribution in [-0.2, 0) is 4.79 Å². The van der Waals surface area contributed by atoms with Gasteiger partial charge in [0.1, 0.15) is 12.3 Å². The SMILES string of the molecule is COc1ccc(Nc2nnc(SCC(=O)N(CC#N)c3ccccc3)s2)cc1. The molecule has 0 atom stereocenters. The number of para-hydroxylation sites is 1. The highest BCUT2D eigenvalue weighted by molar-refractivity contribution is 8.01. The third-order valence-corrected chi connectivity index (χ3v) is 5.62. The molecule has 1 aromatic heterocycles. The number of thioether (sulfide) groups is 1. The number of anilines is 3. The van der Waals surface area contributed by atoms with Crippen LogP contribution in [0, 0.1) is 11.3 Å². The molecular formula is C19H17N5O2S2. The molecule has 0 radical (unpaired) electrons. The summed E-state index contributed by atoms with van der Waals surface area (Å²) >= 11 is 2.66. The third kappa shape index (κ3) is 5.22. The van der Waals surface area contributed by atoms with Crippen molar-refractivity contribution in [3.63, 3.8) is 0 Å². The Bertz CT molecular complexity index is 954. The fourth-order valence-electron chi connectivity index (χ4n) is 2.32. The highest BCUT2D eigenvalue weighted by Crippen LogP contribution is 2.28. The van der Waals surface area contributed by atoms with Gasteiger partial charge in [0.05, 0.1) is 18.9 Å². The van der Waals surface area contributed by atoms with Gasteiger partial charge in [-0.05, 0) is 36.4 Å². The number of nitrogens with zero attached hydrogens (tertiary/aromatic N) is 4. The van der Waals surface area contributed by atoms with Crippen molar-refractivity contribution in [3.8, 4) is 11.8 Å². The van der Waals surface area contributed by atoms with E-state index in [-0.39, 0.29) is 18.2 Å².